The quantitative estimate of drug-likeness (QED) is 0.0265. The van der Waals surface area contributed by atoms with E-state index in [1.165, 1.54) is 135 Å². The van der Waals surface area contributed by atoms with Gasteiger partial charge in [0.05, 0.1) is 13.2 Å². The Morgan fingerprint density at radius 2 is 0.902 bits per heavy atom. The third-order valence-electron chi connectivity index (χ3n) is 10.7. The number of nitrogens with two attached hydrogens (primary N) is 1. The van der Waals surface area contributed by atoms with Crippen molar-refractivity contribution in [1.82, 2.24) is 0 Å². The number of unbranched alkanes of at least 4 members (excludes halogenated alkanes) is 26. The molecule has 0 heterocycles. The van der Waals surface area contributed by atoms with Crippen LogP contribution in [-0.2, 0) is 32.7 Å². The summed E-state index contributed by atoms with van der Waals surface area (Å²) >= 11 is 0. The van der Waals surface area contributed by atoms with Crippen molar-refractivity contribution >= 4 is 19.8 Å². The molecule has 2 unspecified atom stereocenters. The Kier molecular flexibility index (Phi) is 45.9. The van der Waals surface area contributed by atoms with Crippen LogP contribution in [0.25, 0.3) is 0 Å². The molecule has 0 aromatic carbocycles. The highest BCUT2D eigenvalue weighted by molar-refractivity contribution is 7.47. The number of phosphoric acid groups is 1. The maximum absolute atomic E-state index is 12.6. The second-order valence-corrected chi connectivity index (χ2v) is 18.1. The Hall–Kier alpha value is -2.03. The summed E-state index contributed by atoms with van der Waals surface area (Å²) in [5, 5.41) is 0. The molecule has 356 valence electrons. The second-order valence-electron chi connectivity index (χ2n) is 16.7. The van der Waals surface area contributed by atoms with Crippen LogP contribution in [-0.4, -0.2) is 49.3 Å². The van der Waals surface area contributed by atoms with Crippen molar-refractivity contribution in [3.8, 4) is 0 Å². The molecule has 0 spiro atoms. The molecule has 0 saturated heterocycles. The average Bonchev–Trinajstić information content (AvgIpc) is 3.25. The van der Waals surface area contributed by atoms with Gasteiger partial charge in [-0.15, -0.1) is 0 Å². The van der Waals surface area contributed by atoms with Crippen LogP contribution in [0.3, 0.4) is 0 Å². The van der Waals surface area contributed by atoms with Gasteiger partial charge in [0.25, 0.3) is 0 Å². The Labute approximate surface area is 375 Å². The number of carbonyl (C=O) groups is 2. The molecule has 0 radical (unpaired) electrons. The molecule has 0 aromatic rings. The zero-order valence-electron chi connectivity index (χ0n) is 39.4. The molecule has 9 nitrogen and oxygen atoms in total. The molecule has 0 amide bonds. The third kappa shape index (κ3) is 47.3. The van der Waals surface area contributed by atoms with Crippen molar-refractivity contribution < 1.29 is 37.6 Å². The fourth-order valence-corrected chi connectivity index (χ4v) is 7.80. The highest BCUT2D eigenvalue weighted by Crippen LogP contribution is 2.43. The number of allylic oxidation sites excluding steroid dienone is 8. The largest absolute Gasteiger partial charge is 0.472 e. The molecule has 0 bridgehead atoms. The molecule has 61 heavy (non-hydrogen) atoms. The number of rotatable bonds is 47. The van der Waals surface area contributed by atoms with Crippen molar-refractivity contribution in [2.75, 3.05) is 26.4 Å². The molecule has 0 aliphatic rings. The predicted octanol–water partition coefficient (Wildman–Crippen LogP) is 15.1. The number of phosphoric ester groups is 1. The second kappa shape index (κ2) is 47.4. The Balaban J connectivity index is 4.02. The molecule has 0 rings (SSSR count). The van der Waals surface area contributed by atoms with E-state index in [1.807, 2.05) is 0 Å². The van der Waals surface area contributed by atoms with E-state index in [0.717, 1.165) is 64.2 Å². The SMILES string of the molecule is CC/C=C\C/C=C\C/C=C\C/C=C\CCCCCCCCCCCCCCC(=O)OC(COC(=O)CCCCCCCCCCCCCCCCC)COP(=O)(O)OCCN. The van der Waals surface area contributed by atoms with Crippen molar-refractivity contribution in [3.05, 3.63) is 48.6 Å². The highest BCUT2D eigenvalue weighted by Gasteiger charge is 2.26. The van der Waals surface area contributed by atoms with E-state index in [9.17, 15) is 19.0 Å². The molecule has 0 saturated carbocycles. The summed E-state index contributed by atoms with van der Waals surface area (Å²) in [4.78, 5) is 35.0. The van der Waals surface area contributed by atoms with Crippen LogP contribution in [0.1, 0.15) is 232 Å². The lowest BCUT2D eigenvalue weighted by atomic mass is 10.0. The summed E-state index contributed by atoms with van der Waals surface area (Å²) in [7, 11) is -4.38. The van der Waals surface area contributed by atoms with E-state index in [4.69, 9.17) is 24.3 Å². The summed E-state index contributed by atoms with van der Waals surface area (Å²) in [6, 6.07) is 0. The van der Waals surface area contributed by atoms with Gasteiger partial charge >= 0.3 is 19.8 Å². The summed E-state index contributed by atoms with van der Waals surface area (Å²) < 4.78 is 32.9. The lowest BCUT2D eigenvalue weighted by molar-refractivity contribution is -0.161. The van der Waals surface area contributed by atoms with Crippen molar-refractivity contribution in [3.63, 3.8) is 0 Å². The molecule has 0 fully saturated rings. The fraction of sp³-hybridized carbons (Fsp3) is 0.804. The Morgan fingerprint density at radius 3 is 1.34 bits per heavy atom. The molecule has 0 aromatic heterocycles. The van der Waals surface area contributed by atoms with Gasteiger partial charge in [-0.3, -0.25) is 18.6 Å². The molecule has 0 aliphatic carbocycles. The Morgan fingerprint density at radius 1 is 0.508 bits per heavy atom. The highest BCUT2D eigenvalue weighted by atomic mass is 31.2. The first-order valence-electron chi connectivity index (χ1n) is 25.1. The van der Waals surface area contributed by atoms with Gasteiger partial charge in [0.1, 0.15) is 6.61 Å². The van der Waals surface area contributed by atoms with Crippen molar-refractivity contribution in [1.29, 1.82) is 0 Å². The predicted molar refractivity (Wildman–Crippen MR) is 257 cm³/mol. The third-order valence-corrected chi connectivity index (χ3v) is 11.7. The fourth-order valence-electron chi connectivity index (χ4n) is 7.04. The molecular formula is C51H94NO8P. The van der Waals surface area contributed by atoms with Crippen LogP contribution < -0.4 is 5.73 Å². The first-order chi connectivity index (χ1) is 29.8. The van der Waals surface area contributed by atoms with E-state index >= 15 is 0 Å². The molecule has 10 heteroatoms. The maximum atomic E-state index is 12.6. The van der Waals surface area contributed by atoms with E-state index in [0.29, 0.717) is 6.42 Å². The summed E-state index contributed by atoms with van der Waals surface area (Å²) in [6.07, 6.45) is 55.7. The van der Waals surface area contributed by atoms with Crippen molar-refractivity contribution in [2.24, 2.45) is 5.73 Å². The number of hydrogen-bond acceptors (Lipinski definition) is 8. The van der Waals surface area contributed by atoms with Gasteiger partial charge < -0.3 is 20.1 Å². The molecule has 3 N–H and O–H groups in total. The van der Waals surface area contributed by atoms with Gasteiger partial charge in [0.15, 0.2) is 6.10 Å². The van der Waals surface area contributed by atoms with E-state index < -0.39 is 26.5 Å². The van der Waals surface area contributed by atoms with Crippen LogP contribution in [0, 0.1) is 0 Å². The lowest BCUT2D eigenvalue weighted by Crippen LogP contribution is -2.29. The van der Waals surface area contributed by atoms with Crippen LogP contribution in [0.15, 0.2) is 48.6 Å². The number of ether oxygens (including phenoxy) is 2. The summed E-state index contributed by atoms with van der Waals surface area (Å²) in [5.41, 5.74) is 5.36. The van der Waals surface area contributed by atoms with Gasteiger partial charge in [-0.1, -0.05) is 217 Å². The Bertz CT molecular complexity index is 1140. The van der Waals surface area contributed by atoms with Gasteiger partial charge in [0, 0.05) is 19.4 Å². The first-order valence-corrected chi connectivity index (χ1v) is 26.6. The minimum absolute atomic E-state index is 0.0534. The number of carbonyl (C=O) groups excluding carboxylic acids is 2. The zero-order chi connectivity index (χ0) is 44.6. The standard InChI is InChI=1S/C51H94NO8P/c1-3-5-7-9-11-13-15-17-19-20-21-22-23-24-25-26-27-28-30-32-34-36-38-40-42-44-51(54)60-49(48-59-61(55,56)58-46-45-52)47-57-50(53)43-41-39-37-35-33-31-29-18-16-14-12-10-8-6-4-2/h5,7,11,13,17,19,21-22,49H,3-4,6,8-10,12,14-16,18,20,23-48,52H2,1-2H3,(H,55,56)/b7-5-,13-11-,19-17-,22-21-. The van der Waals surface area contributed by atoms with Crippen LogP contribution in [0.2, 0.25) is 0 Å². The molecule has 0 aliphatic heterocycles. The van der Waals surface area contributed by atoms with E-state index in [1.54, 1.807) is 0 Å². The lowest BCUT2D eigenvalue weighted by Gasteiger charge is -2.19. The molecular weight excluding hydrogens is 786 g/mol. The van der Waals surface area contributed by atoms with Gasteiger partial charge in [-0.05, 0) is 51.4 Å². The smallest absolute Gasteiger partial charge is 0.462 e. The van der Waals surface area contributed by atoms with Crippen molar-refractivity contribution in [2.45, 2.75) is 238 Å². The summed E-state index contributed by atoms with van der Waals surface area (Å²) in [6.45, 7) is 3.65. The van der Waals surface area contributed by atoms with Crippen LogP contribution in [0.4, 0.5) is 0 Å². The topological polar surface area (TPSA) is 134 Å². The zero-order valence-corrected chi connectivity index (χ0v) is 40.3. The van der Waals surface area contributed by atoms with E-state index in [2.05, 4.69) is 62.5 Å². The minimum atomic E-state index is -4.38. The molecule has 2 atom stereocenters. The average molecular weight is 880 g/mol. The van der Waals surface area contributed by atoms with Gasteiger partial charge in [0.2, 0.25) is 0 Å². The number of esters is 2. The van der Waals surface area contributed by atoms with E-state index in [-0.39, 0.29) is 38.6 Å². The first kappa shape index (κ1) is 59.0. The van der Waals surface area contributed by atoms with Gasteiger partial charge in [-0.25, -0.2) is 4.57 Å². The van der Waals surface area contributed by atoms with Crippen LogP contribution in [0.5, 0.6) is 0 Å². The summed E-state index contributed by atoms with van der Waals surface area (Å²) in [5.74, 6) is -0.822. The monoisotopic (exact) mass is 880 g/mol. The normalized spacial score (nSPS) is 13.6. The van der Waals surface area contributed by atoms with Crippen LogP contribution >= 0.6 is 7.82 Å². The van der Waals surface area contributed by atoms with Gasteiger partial charge in [-0.2, -0.15) is 0 Å². The minimum Gasteiger partial charge on any atom is -0.462 e. The maximum Gasteiger partial charge on any atom is 0.472 e. The number of hydrogen-bond donors (Lipinski definition) is 2.